The highest BCUT2D eigenvalue weighted by Gasteiger charge is 2.24. The van der Waals surface area contributed by atoms with Crippen LogP contribution in [0.3, 0.4) is 0 Å². The van der Waals surface area contributed by atoms with E-state index in [0.29, 0.717) is 11.1 Å². The Morgan fingerprint density at radius 2 is 2.09 bits per heavy atom. The maximum Gasteiger partial charge on any atom is 0.260 e. The fourth-order valence-corrected chi connectivity index (χ4v) is 3.46. The summed E-state index contributed by atoms with van der Waals surface area (Å²) in [7, 11) is -3.65. The van der Waals surface area contributed by atoms with Crippen molar-refractivity contribution in [1.29, 1.82) is 0 Å². The van der Waals surface area contributed by atoms with E-state index < -0.39 is 15.7 Å². The van der Waals surface area contributed by atoms with Gasteiger partial charge in [-0.05, 0) is 12.1 Å². The number of primary amides is 1. The Labute approximate surface area is 128 Å². The van der Waals surface area contributed by atoms with Crippen LogP contribution in [0.25, 0.3) is 21.7 Å². The summed E-state index contributed by atoms with van der Waals surface area (Å²) in [6.45, 7) is 0. The van der Waals surface area contributed by atoms with E-state index in [1.165, 1.54) is 6.26 Å². The predicted octanol–water partition coefficient (Wildman–Crippen LogP) is 1.04. The number of anilines is 1. The molecule has 22 heavy (non-hydrogen) atoms. The van der Waals surface area contributed by atoms with Crippen LogP contribution in [0.1, 0.15) is 9.67 Å². The van der Waals surface area contributed by atoms with E-state index in [1.807, 2.05) is 0 Å². The third-order valence-corrected chi connectivity index (χ3v) is 4.84. The summed E-state index contributed by atoms with van der Waals surface area (Å²) in [4.78, 5) is 19.8. The first-order valence-electron chi connectivity index (χ1n) is 5.93. The molecule has 3 aromatic heterocycles. The first-order chi connectivity index (χ1) is 10.3. The summed E-state index contributed by atoms with van der Waals surface area (Å²) >= 11 is 0.917. The maximum atomic E-state index is 11.8. The van der Waals surface area contributed by atoms with Crippen LogP contribution in [0, 0.1) is 0 Å². The average molecular weight is 338 g/mol. The molecule has 0 aliphatic carbocycles. The fraction of sp³-hybridized carbons (Fsp3) is 0.0833. The van der Waals surface area contributed by atoms with Crippen LogP contribution in [0.2, 0.25) is 0 Å². The number of amides is 1. The molecule has 0 radical (unpaired) electrons. The van der Waals surface area contributed by atoms with Crippen molar-refractivity contribution in [2.45, 2.75) is 5.16 Å². The second-order valence-electron chi connectivity index (χ2n) is 4.49. The first-order valence-corrected chi connectivity index (χ1v) is 8.63. The summed E-state index contributed by atoms with van der Waals surface area (Å²) < 4.78 is 28.8. The molecule has 0 aliphatic heterocycles. The van der Waals surface area contributed by atoms with Crippen LogP contribution in [0.5, 0.6) is 0 Å². The topological polar surface area (TPSA) is 142 Å². The number of hydrogen-bond acceptors (Lipinski definition) is 8. The molecular weight excluding hydrogens is 328 g/mol. The lowest BCUT2D eigenvalue weighted by Gasteiger charge is -2.03. The molecule has 0 unspecified atom stereocenters. The zero-order chi connectivity index (χ0) is 16.1. The number of rotatable bonds is 3. The van der Waals surface area contributed by atoms with Crippen molar-refractivity contribution in [2.24, 2.45) is 5.73 Å². The number of carbonyl (C=O) groups is 1. The fourth-order valence-electron chi connectivity index (χ4n) is 1.94. The first kappa shape index (κ1) is 14.5. The average Bonchev–Trinajstić information content (AvgIpc) is 3.05. The Morgan fingerprint density at radius 3 is 2.64 bits per heavy atom. The number of sulfone groups is 1. The molecule has 1 amide bonds. The molecule has 8 nitrogen and oxygen atoms in total. The van der Waals surface area contributed by atoms with Crippen molar-refractivity contribution >= 4 is 43.0 Å². The Morgan fingerprint density at radius 1 is 1.36 bits per heavy atom. The highest BCUT2D eigenvalue weighted by molar-refractivity contribution is 7.90. The second-order valence-corrected chi connectivity index (χ2v) is 7.40. The predicted molar refractivity (Wildman–Crippen MR) is 81.2 cm³/mol. The zero-order valence-electron chi connectivity index (χ0n) is 11.2. The van der Waals surface area contributed by atoms with E-state index in [9.17, 15) is 13.2 Å². The van der Waals surface area contributed by atoms with Gasteiger partial charge in [0.1, 0.15) is 15.4 Å². The third kappa shape index (κ3) is 2.22. The molecule has 0 bridgehead atoms. The summed E-state index contributed by atoms with van der Waals surface area (Å²) in [5.41, 5.74) is 11.5. The van der Waals surface area contributed by atoms with Crippen molar-refractivity contribution in [3.63, 3.8) is 0 Å². The van der Waals surface area contributed by atoms with Gasteiger partial charge in [-0.25, -0.2) is 18.4 Å². The van der Waals surface area contributed by atoms with Gasteiger partial charge in [0.05, 0.1) is 17.3 Å². The van der Waals surface area contributed by atoms with Crippen molar-refractivity contribution in [3.05, 3.63) is 23.3 Å². The van der Waals surface area contributed by atoms with Crippen LogP contribution < -0.4 is 11.5 Å². The van der Waals surface area contributed by atoms with Crippen molar-refractivity contribution in [3.8, 4) is 11.5 Å². The van der Waals surface area contributed by atoms with Gasteiger partial charge in [0.15, 0.2) is 5.76 Å². The summed E-state index contributed by atoms with van der Waals surface area (Å²) in [5.74, 6) is -0.398. The van der Waals surface area contributed by atoms with Gasteiger partial charge in [-0.2, -0.15) is 0 Å². The van der Waals surface area contributed by atoms with Gasteiger partial charge in [0.2, 0.25) is 15.0 Å². The summed E-state index contributed by atoms with van der Waals surface area (Å²) in [6, 6.07) is 3.23. The van der Waals surface area contributed by atoms with Gasteiger partial charge in [0, 0.05) is 6.26 Å². The van der Waals surface area contributed by atoms with E-state index in [-0.39, 0.29) is 26.2 Å². The Balaban J connectivity index is 2.47. The lowest BCUT2D eigenvalue weighted by Crippen LogP contribution is -2.10. The van der Waals surface area contributed by atoms with E-state index >= 15 is 0 Å². The van der Waals surface area contributed by atoms with Gasteiger partial charge in [-0.1, -0.05) is 0 Å². The Bertz CT molecular complexity index is 990. The molecule has 10 heteroatoms. The normalized spacial score (nSPS) is 11.9. The SMILES string of the molecule is CS(=O)(=O)c1nc(-c2ccco2)c2c(N)c(C(N)=O)sc2n1. The van der Waals surface area contributed by atoms with Gasteiger partial charge in [-0.15, -0.1) is 11.3 Å². The second kappa shape index (κ2) is 4.78. The van der Waals surface area contributed by atoms with Crippen molar-refractivity contribution in [2.75, 3.05) is 12.0 Å². The molecule has 0 saturated heterocycles. The van der Waals surface area contributed by atoms with Gasteiger partial charge < -0.3 is 15.9 Å². The summed E-state index contributed by atoms with van der Waals surface area (Å²) in [5, 5.41) is -0.0233. The molecule has 0 aromatic carbocycles. The van der Waals surface area contributed by atoms with Gasteiger partial charge in [0.25, 0.3) is 5.91 Å². The number of fused-ring (bicyclic) bond motifs is 1. The zero-order valence-corrected chi connectivity index (χ0v) is 12.9. The number of nitrogens with zero attached hydrogens (tertiary/aromatic N) is 2. The van der Waals surface area contributed by atoms with Crippen LogP contribution in [0.4, 0.5) is 5.69 Å². The largest absolute Gasteiger partial charge is 0.463 e. The molecule has 0 spiro atoms. The number of nitrogen functional groups attached to an aromatic ring is 1. The highest BCUT2D eigenvalue weighted by Crippen LogP contribution is 2.38. The number of hydrogen-bond donors (Lipinski definition) is 2. The lowest BCUT2D eigenvalue weighted by molar-refractivity contribution is 0.100. The van der Waals surface area contributed by atoms with E-state index in [2.05, 4.69) is 9.97 Å². The number of nitrogens with two attached hydrogens (primary N) is 2. The lowest BCUT2D eigenvalue weighted by atomic mass is 10.2. The maximum absolute atomic E-state index is 11.8. The molecule has 0 fully saturated rings. The minimum absolute atomic E-state index is 0.0998. The number of aromatic nitrogens is 2. The molecule has 0 atom stereocenters. The molecular formula is C12H10N4O4S2. The van der Waals surface area contributed by atoms with E-state index in [1.54, 1.807) is 12.1 Å². The van der Waals surface area contributed by atoms with E-state index in [0.717, 1.165) is 17.6 Å². The quantitative estimate of drug-likeness (QED) is 0.679. The van der Waals surface area contributed by atoms with Crippen LogP contribution >= 0.6 is 11.3 Å². The highest BCUT2D eigenvalue weighted by atomic mass is 32.2. The smallest absolute Gasteiger partial charge is 0.260 e. The number of furan rings is 1. The van der Waals surface area contributed by atoms with E-state index in [4.69, 9.17) is 15.9 Å². The summed E-state index contributed by atoms with van der Waals surface area (Å²) in [6.07, 6.45) is 2.41. The van der Waals surface area contributed by atoms with Crippen LogP contribution in [-0.4, -0.2) is 30.5 Å². The van der Waals surface area contributed by atoms with Crippen molar-refractivity contribution in [1.82, 2.24) is 9.97 Å². The molecule has 4 N–H and O–H groups in total. The molecule has 0 aliphatic rings. The molecule has 3 rings (SSSR count). The minimum atomic E-state index is -3.65. The molecule has 3 heterocycles. The number of thiophene rings is 1. The Kier molecular flexibility index (Phi) is 3.15. The van der Waals surface area contributed by atoms with Crippen LogP contribution in [0.15, 0.2) is 28.0 Å². The standard InChI is InChI=1S/C12H10N4O4S2/c1-22(18,19)12-15-8(5-3-2-4-20-5)6-7(13)9(10(14)17)21-11(6)16-12/h2-4H,13H2,1H3,(H2,14,17). The third-order valence-electron chi connectivity index (χ3n) is 2.88. The molecule has 3 aromatic rings. The van der Waals surface area contributed by atoms with Gasteiger partial charge in [-0.3, -0.25) is 4.79 Å². The number of carbonyl (C=O) groups excluding carboxylic acids is 1. The Hall–Kier alpha value is -2.46. The van der Waals surface area contributed by atoms with Gasteiger partial charge >= 0.3 is 0 Å². The van der Waals surface area contributed by atoms with Crippen molar-refractivity contribution < 1.29 is 17.6 Å². The van der Waals surface area contributed by atoms with Crippen LogP contribution in [-0.2, 0) is 9.84 Å². The molecule has 114 valence electrons. The molecule has 0 saturated carbocycles. The minimum Gasteiger partial charge on any atom is -0.463 e. The monoisotopic (exact) mass is 338 g/mol.